The number of pyridine rings is 1. The molecular weight excluding hydrogens is 656 g/mol. The number of hydrogen-bond acceptors (Lipinski definition) is 8. The van der Waals surface area contributed by atoms with Crippen molar-refractivity contribution in [1.29, 1.82) is 0 Å². The van der Waals surface area contributed by atoms with Crippen molar-refractivity contribution in [1.82, 2.24) is 24.5 Å². The Morgan fingerprint density at radius 2 is 1.86 bits per heavy atom. The van der Waals surface area contributed by atoms with Gasteiger partial charge in [0.1, 0.15) is 18.5 Å². The van der Waals surface area contributed by atoms with Gasteiger partial charge in [-0.15, -0.1) is 0 Å². The molecule has 0 saturated carbocycles. The smallest absolute Gasteiger partial charge is 0.256 e. The standard InChI is InChI=1S/C39H39F2N5O5/c40-29-18-28(38(34(41)20-29)51-32-13-16-49-17-14-32)22-45-15-12-36-33(39(45)48)19-27(21-42-36)35-10-11-37-43-30(23-46(37)44-35)8-4-5-9-31(47)25-50-24-26-6-2-1-3-7-26/h1-3,6-7,10-11,18-21,23,32H,4-5,8-9,12-17,22,24-25H2. The van der Waals surface area contributed by atoms with E-state index in [1.165, 1.54) is 6.07 Å². The minimum absolute atomic E-state index is 0.00600. The van der Waals surface area contributed by atoms with Crippen molar-refractivity contribution < 1.29 is 32.6 Å². The molecule has 2 aliphatic heterocycles. The summed E-state index contributed by atoms with van der Waals surface area (Å²) < 4.78 is 47.9. The van der Waals surface area contributed by atoms with E-state index in [0.717, 1.165) is 30.2 Å². The molecule has 0 unspecified atom stereocenters. The molecular formula is C39H39F2N5O5. The summed E-state index contributed by atoms with van der Waals surface area (Å²) in [5, 5.41) is 4.74. The van der Waals surface area contributed by atoms with E-state index < -0.39 is 11.6 Å². The molecule has 5 aromatic rings. The zero-order chi connectivity index (χ0) is 35.2. The predicted octanol–water partition coefficient (Wildman–Crippen LogP) is 6.32. The first-order valence-corrected chi connectivity index (χ1v) is 17.4. The highest BCUT2D eigenvalue weighted by molar-refractivity contribution is 5.97. The molecule has 0 spiro atoms. The van der Waals surface area contributed by atoms with Crippen molar-refractivity contribution in [2.24, 2.45) is 0 Å². The lowest BCUT2D eigenvalue weighted by molar-refractivity contribution is -0.124. The van der Waals surface area contributed by atoms with Crippen LogP contribution in [0.4, 0.5) is 8.78 Å². The van der Waals surface area contributed by atoms with Gasteiger partial charge in [0, 0.05) is 62.2 Å². The topological polar surface area (TPSA) is 108 Å². The fourth-order valence-electron chi connectivity index (χ4n) is 6.47. The summed E-state index contributed by atoms with van der Waals surface area (Å²) in [5.41, 5.74) is 5.25. The van der Waals surface area contributed by atoms with Crippen molar-refractivity contribution in [3.05, 3.63) is 113 Å². The maximum atomic E-state index is 15.0. The molecule has 1 saturated heterocycles. The Hall–Kier alpha value is -5.07. The number of unbranched alkanes of at least 4 members (excludes halogenated alkanes) is 1. The average molecular weight is 696 g/mol. The van der Waals surface area contributed by atoms with Crippen LogP contribution in [0.15, 0.2) is 73.1 Å². The van der Waals surface area contributed by atoms with Crippen LogP contribution in [0.5, 0.6) is 5.75 Å². The van der Waals surface area contributed by atoms with Crippen molar-refractivity contribution in [3.63, 3.8) is 0 Å². The first-order valence-electron chi connectivity index (χ1n) is 17.4. The second-order valence-corrected chi connectivity index (χ2v) is 13.0. The van der Waals surface area contributed by atoms with E-state index in [-0.39, 0.29) is 42.3 Å². The number of nitrogens with zero attached hydrogens (tertiary/aromatic N) is 5. The Labute approximate surface area is 294 Å². The molecule has 10 nitrogen and oxygen atoms in total. The second-order valence-electron chi connectivity index (χ2n) is 13.0. The highest BCUT2D eigenvalue weighted by atomic mass is 19.1. The molecule has 1 fully saturated rings. The van der Waals surface area contributed by atoms with Crippen molar-refractivity contribution >= 4 is 17.3 Å². The minimum atomic E-state index is -0.787. The molecule has 0 bridgehead atoms. The number of aromatic nitrogens is 4. The summed E-state index contributed by atoms with van der Waals surface area (Å²) in [6, 6.07) is 17.3. The highest BCUT2D eigenvalue weighted by Gasteiger charge is 2.29. The number of ketones is 1. The molecule has 2 aromatic carbocycles. The quantitative estimate of drug-likeness (QED) is 0.124. The van der Waals surface area contributed by atoms with Crippen LogP contribution in [0.1, 0.15) is 65.0 Å². The Balaban J connectivity index is 0.971. The van der Waals surface area contributed by atoms with E-state index in [9.17, 15) is 18.4 Å². The highest BCUT2D eigenvalue weighted by Crippen LogP contribution is 2.31. The van der Waals surface area contributed by atoms with Gasteiger partial charge in [0.15, 0.2) is 23.0 Å². The molecule has 0 N–H and O–H groups in total. The SMILES string of the molecule is O=C(CCCCc1cn2nc(-c3cnc4c(c3)C(=O)N(Cc3cc(F)cc(F)c3OC3CCOCC3)CC4)ccc2n1)COCc1ccccc1. The lowest BCUT2D eigenvalue weighted by Gasteiger charge is -2.30. The third-order valence-electron chi connectivity index (χ3n) is 9.18. The van der Waals surface area contributed by atoms with Gasteiger partial charge in [-0.1, -0.05) is 30.3 Å². The number of carbonyl (C=O) groups is 2. The number of fused-ring (bicyclic) bond motifs is 2. The van der Waals surface area contributed by atoms with Gasteiger partial charge in [0.05, 0.1) is 48.7 Å². The summed E-state index contributed by atoms with van der Waals surface area (Å²) in [5.74, 6) is -1.73. The van der Waals surface area contributed by atoms with Crippen LogP contribution in [-0.4, -0.2) is 68.6 Å². The van der Waals surface area contributed by atoms with Crippen LogP contribution < -0.4 is 4.74 Å². The van der Waals surface area contributed by atoms with E-state index in [0.29, 0.717) is 86.6 Å². The number of amides is 1. The monoisotopic (exact) mass is 695 g/mol. The van der Waals surface area contributed by atoms with E-state index in [2.05, 4.69) is 9.97 Å². The first kappa shape index (κ1) is 34.4. The molecule has 2 aliphatic rings. The molecule has 3 aromatic heterocycles. The van der Waals surface area contributed by atoms with Gasteiger partial charge in [-0.2, -0.15) is 5.10 Å². The lowest BCUT2D eigenvalue weighted by atomic mass is 10.0. The van der Waals surface area contributed by atoms with E-state index in [1.807, 2.05) is 48.7 Å². The van der Waals surface area contributed by atoms with E-state index >= 15 is 0 Å². The maximum Gasteiger partial charge on any atom is 0.256 e. The first-order chi connectivity index (χ1) is 24.9. The predicted molar refractivity (Wildman–Crippen MR) is 184 cm³/mol. The van der Waals surface area contributed by atoms with Crippen LogP contribution in [0.3, 0.4) is 0 Å². The number of imidazole rings is 1. The lowest BCUT2D eigenvalue weighted by Crippen LogP contribution is -2.38. The molecule has 0 radical (unpaired) electrons. The van der Waals surface area contributed by atoms with Gasteiger partial charge in [0.25, 0.3) is 5.91 Å². The van der Waals surface area contributed by atoms with Gasteiger partial charge in [-0.3, -0.25) is 14.6 Å². The van der Waals surface area contributed by atoms with Crippen LogP contribution in [0.2, 0.25) is 0 Å². The Morgan fingerprint density at radius 3 is 2.71 bits per heavy atom. The molecule has 51 heavy (non-hydrogen) atoms. The summed E-state index contributed by atoms with van der Waals surface area (Å²) in [6.07, 6.45) is 7.75. The van der Waals surface area contributed by atoms with Crippen LogP contribution in [0, 0.1) is 11.6 Å². The number of halogens is 2. The number of aryl methyl sites for hydroxylation is 1. The minimum Gasteiger partial charge on any atom is -0.487 e. The molecule has 0 aliphatic carbocycles. The van der Waals surface area contributed by atoms with Crippen LogP contribution in [0.25, 0.3) is 16.9 Å². The molecule has 5 heterocycles. The van der Waals surface area contributed by atoms with Crippen molar-refractivity contribution in [3.8, 4) is 17.0 Å². The Bertz CT molecular complexity index is 2010. The second kappa shape index (κ2) is 15.9. The summed E-state index contributed by atoms with van der Waals surface area (Å²) in [6.45, 7) is 1.90. The fraction of sp³-hybridized carbons (Fsp3) is 0.359. The van der Waals surface area contributed by atoms with Gasteiger partial charge >= 0.3 is 0 Å². The van der Waals surface area contributed by atoms with Crippen molar-refractivity contribution in [2.75, 3.05) is 26.4 Å². The third kappa shape index (κ3) is 8.46. The van der Waals surface area contributed by atoms with Crippen LogP contribution >= 0.6 is 0 Å². The Morgan fingerprint density at radius 1 is 1.02 bits per heavy atom. The largest absolute Gasteiger partial charge is 0.487 e. The zero-order valence-corrected chi connectivity index (χ0v) is 28.2. The Kier molecular flexibility index (Phi) is 10.7. The number of rotatable bonds is 14. The zero-order valence-electron chi connectivity index (χ0n) is 28.2. The molecule has 0 atom stereocenters. The maximum absolute atomic E-state index is 15.0. The number of carbonyl (C=O) groups excluding carboxylic acids is 2. The average Bonchev–Trinajstić information content (AvgIpc) is 3.56. The van der Waals surface area contributed by atoms with Crippen LogP contribution in [-0.2, 0) is 40.3 Å². The van der Waals surface area contributed by atoms with E-state index in [1.54, 1.807) is 21.7 Å². The normalized spacial score (nSPS) is 14.9. The summed E-state index contributed by atoms with van der Waals surface area (Å²) in [4.78, 5) is 36.8. The molecule has 264 valence electrons. The van der Waals surface area contributed by atoms with Gasteiger partial charge in [0.2, 0.25) is 0 Å². The number of ether oxygens (including phenoxy) is 3. The molecule has 7 rings (SSSR count). The summed E-state index contributed by atoms with van der Waals surface area (Å²) >= 11 is 0. The number of Topliss-reactive ketones (excluding diaryl/α,β-unsaturated/α-hetero) is 1. The van der Waals surface area contributed by atoms with Crippen molar-refractivity contribution in [2.45, 2.75) is 64.2 Å². The third-order valence-corrected chi connectivity index (χ3v) is 9.18. The van der Waals surface area contributed by atoms with Gasteiger partial charge in [-0.05, 0) is 49.1 Å². The van der Waals surface area contributed by atoms with Gasteiger partial charge in [-0.25, -0.2) is 18.3 Å². The van der Waals surface area contributed by atoms with E-state index in [4.69, 9.17) is 19.3 Å². The van der Waals surface area contributed by atoms with Gasteiger partial charge < -0.3 is 19.1 Å². The molecule has 1 amide bonds. The summed E-state index contributed by atoms with van der Waals surface area (Å²) in [7, 11) is 0. The number of benzene rings is 2. The fourth-order valence-corrected chi connectivity index (χ4v) is 6.47. The molecule has 12 heteroatoms. The number of hydrogen-bond donors (Lipinski definition) is 0.